The summed E-state index contributed by atoms with van der Waals surface area (Å²) < 4.78 is 0. The van der Waals surface area contributed by atoms with Crippen LogP contribution in [0.25, 0.3) is 0 Å². The van der Waals surface area contributed by atoms with Crippen LogP contribution in [0.2, 0.25) is 0 Å². The second-order valence-corrected chi connectivity index (χ2v) is 6.80. The van der Waals surface area contributed by atoms with Crippen LogP contribution >= 0.6 is 0 Å². The van der Waals surface area contributed by atoms with Crippen LogP contribution in [0.1, 0.15) is 39.2 Å². The van der Waals surface area contributed by atoms with Crippen molar-refractivity contribution in [3.8, 4) is 0 Å². The van der Waals surface area contributed by atoms with Gasteiger partial charge in [-0.15, -0.1) is 0 Å². The van der Waals surface area contributed by atoms with E-state index in [1.165, 1.54) is 5.56 Å². The summed E-state index contributed by atoms with van der Waals surface area (Å²) in [6.07, 6.45) is 2.21. The van der Waals surface area contributed by atoms with E-state index in [9.17, 15) is 14.4 Å². The first-order valence-electron chi connectivity index (χ1n) is 8.26. The van der Waals surface area contributed by atoms with Crippen molar-refractivity contribution in [2.24, 2.45) is 11.7 Å². The first-order valence-corrected chi connectivity index (χ1v) is 8.26. The third kappa shape index (κ3) is 3.93. The molecule has 6 heteroatoms. The Hall–Kier alpha value is -2.37. The Kier molecular flexibility index (Phi) is 5.26. The number of aryl methyl sites for hydroxylation is 1. The highest BCUT2D eigenvalue weighted by atomic mass is 16.2. The molecule has 0 radical (unpaired) electrons. The maximum Gasteiger partial charge on any atom is 0.242 e. The fourth-order valence-corrected chi connectivity index (χ4v) is 2.74. The molecule has 0 spiro atoms. The number of amides is 3. The van der Waals surface area contributed by atoms with E-state index in [0.717, 1.165) is 18.5 Å². The van der Waals surface area contributed by atoms with Crippen LogP contribution in [0.3, 0.4) is 0 Å². The lowest BCUT2D eigenvalue weighted by molar-refractivity contribution is -0.132. The monoisotopic (exact) mass is 331 g/mol. The lowest BCUT2D eigenvalue weighted by atomic mass is 10.0. The topological polar surface area (TPSA) is 92.5 Å². The van der Waals surface area contributed by atoms with Gasteiger partial charge in [0.05, 0.1) is 5.92 Å². The SMILES string of the molecule is CCCc1ccc(N2C[C@@H](C(=O)NC(C)(C)C(N)=O)CC2=O)cc1. The molecule has 1 aromatic rings. The molecule has 1 saturated heterocycles. The summed E-state index contributed by atoms with van der Waals surface area (Å²) in [6, 6.07) is 7.85. The molecule has 1 aliphatic rings. The number of primary amides is 1. The van der Waals surface area contributed by atoms with Gasteiger partial charge in [0.15, 0.2) is 0 Å². The highest BCUT2D eigenvalue weighted by molar-refractivity contribution is 6.01. The number of anilines is 1. The predicted molar refractivity (Wildman–Crippen MR) is 92.3 cm³/mol. The molecule has 24 heavy (non-hydrogen) atoms. The maximum absolute atomic E-state index is 12.3. The second kappa shape index (κ2) is 7.03. The number of hydrogen-bond acceptors (Lipinski definition) is 3. The maximum atomic E-state index is 12.3. The Morgan fingerprint density at radius 3 is 2.46 bits per heavy atom. The van der Waals surface area contributed by atoms with E-state index in [2.05, 4.69) is 12.2 Å². The Bertz CT molecular complexity index is 637. The summed E-state index contributed by atoms with van der Waals surface area (Å²) >= 11 is 0. The first-order chi connectivity index (χ1) is 11.2. The Morgan fingerprint density at radius 2 is 1.92 bits per heavy atom. The average molecular weight is 331 g/mol. The van der Waals surface area contributed by atoms with Crippen LogP contribution in [0.5, 0.6) is 0 Å². The second-order valence-electron chi connectivity index (χ2n) is 6.80. The number of nitrogens with zero attached hydrogens (tertiary/aromatic N) is 1. The van der Waals surface area contributed by atoms with Crippen LogP contribution in [-0.2, 0) is 20.8 Å². The van der Waals surface area contributed by atoms with Gasteiger partial charge in [0.2, 0.25) is 17.7 Å². The molecule has 1 atom stereocenters. The Labute approximate surface area is 142 Å². The van der Waals surface area contributed by atoms with Gasteiger partial charge in [-0.05, 0) is 38.0 Å². The quantitative estimate of drug-likeness (QED) is 0.824. The van der Waals surface area contributed by atoms with Gasteiger partial charge in [-0.2, -0.15) is 0 Å². The highest BCUT2D eigenvalue weighted by Crippen LogP contribution is 2.26. The molecule has 0 aliphatic carbocycles. The van der Waals surface area contributed by atoms with Gasteiger partial charge in [0.25, 0.3) is 0 Å². The molecule has 1 fully saturated rings. The fourth-order valence-electron chi connectivity index (χ4n) is 2.74. The molecule has 6 nitrogen and oxygen atoms in total. The van der Waals surface area contributed by atoms with E-state index in [1.54, 1.807) is 18.7 Å². The van der Waals surface area contributed by atoms with Gasteiger partial charge in [0, 0.05) is 18.7 Å². The molecular formula is C18H25N3O3. The van der Waals surface area contributed by atoms with Crippen LogP contribution in [-0.4, -0.2) is 29.8 Å². The van der Waals surface area contributed by atoms with E-state index >= 15 is 0 Å². The molecule has 1 aliphatic heterocycles. The smallest absolute Gasteiger partial charge is 0.242 e. The van der Waals surface area contributed by atoms with Gasteiger partial charge in [-0.3, -0.25) is 14.4 Å². The summed E-state index contributed by atoms with van der Waals surface area (Å²) in [6.45, 7) is 5.53. The minimum atomic E-state index is -1.13. The number of benzene rings is 1. The molecule has 3 N–H and O–H groups in total. The van der Waals surface area contributed by atoms with E-state index in [1.807, 2.05) is 24.3 Å². The van der Waals surface area contributed by atoms with E-state index in [0.29, 0.717) is 6.54 Å². The van der Waals surface area contributed by atoms with Crippen LogP contribution < -0.4 is 16.0 Å². The van der Waals surface area contributed by atoms with Crippen LogP contribution in [0.4, 0.5) is 5.69 Å². The highest BCUT2D eigenvalue weighted by Gasteiger charge is 2.38. The molecule has 3 amide bonds. The normalized spacial score (nSPS) is 17.9. The minimum absolute atomic E-state index is 0.0877. The fraction of sp³-hybridized carbons (Fsp3) is 0.500. The lowest BCUT2D eigenvalue weighted by Crippen LogP contribution is -2.54. The van der Waals surface area contributed by atoms with E-state index in [-0.39, 0.29) is 18.2 Å². The number of nitrogens with two attached hydrogens (primary N) is 1. The largest absolute Gasteiger partial charge is 0.368 e. The Balaban J connectivity index is 2.05. The van der Waals surface area contributed by atoms with Gasteiger partial charge >= 0.3 is 0 Å². The molecule has 2 rings (SSSR count). The van der Waals surface area contributed by atoms with Crippen molar-refractivity contribution in [1.29, 1.82) is 0 Å². The first kappa shape index (κ1) is 18.0. The predicted octanol–water partition coefficient (Wildman–Crippen LogP) is 1.37. The molecule has 1 aromatic carbocycles. The van der Waals surface area contributed by atoms with Crippen molar-refractivity contribution in [3.05, 3.63) is 29.8 Å². The number of rotatable bonds is 6. The summed E-state index contributed by atoms with van der Waals surface area (Å²) in [5.41, 5.74) is 6.16. The van der Waals surface area contributed by atoms with Crippen molar-refractivity contribution >= 4 is 23.4 Å². The van der Waals surface area contributed by atoms with Crippen LogP contribution in [0, 0.1) is 5.92 Å². The van der Waals surface area contributed by atoms with Crippen molar-refractivity contribution < 1.29 is 14.4 Å². The zero-order chi connectivity index (χ0) is 17.9. The molecular weight excluding hydrogens is 306 g/mol. The summed E-state index contributed by atoms with van der Waals surface area (Å²) in [7, 11) is 0. The summed E-state index contributed by atoms with van der Waals surface area (Å²) in [4.78, 5) is 37.5. The third-order valence-electron chi connectivity index (χ3n) is 4.33. The van der Waals surface area contributed by atoms with Crippen molar-refractivity contribution in [1.82, 2.24) is 5.32 Å². The standard InChI is InChI=1S/C18H25N3O3/c1-4-5-12-6-8-14(9-7-12)21-11-13(10-15(21)22)16(23)20-18(2,3)17(19)24/h6-9,13H,4-5,10-11H2,1-3H3,(H2,19,24)(H,20,23)/t13-/m0/s1. The number of nitrogens with one attached hydrogen (secondary N) is 1. The lowest BCUT2D eigenvalue weighted by Gasteiger charge is -2.24. The third-order valence-corrected chi connectivity index (χ3v) is 4.33. The Morgan fingerprint density at radius 1 is 1.29 bits per heavy atom. The molecule has 0 aromatic heterocycles. The molecule has 0 bridgehead atoms. The molecule has 130 valence electrons. The minimum Gasteiger partial charge on any atom is -0.368 e. The molecule has 0 unspecified atom stereocenters. The van der Waals surface area contributed by atoms with E-state index in [4.69, 9.17) is 5.73 Å². The van der Waals surface area contributed by atoms with Crippen LogP contribution in [0.15, 0.2) is 24.3 Å². The molecule has 1 heterocycles. The van der Waals surface area contributed by atoms with E-state index < -0.39 is 17.4 Å². The van der Waals surface area contributed by atoms with Gasteiger partial charge in [-0.1, -0.05) is 25.5 Å². The zero-order valence-electron chi connectivity index (χ0n) is 14.5. The van der Waals surface area contributed by atoms with Gasteiger partial charge < -0.3 is 16.0 Å². The number of hydrogen-bond donors (Lipinski definition) is 2. The summed E-state index contributed by atoms with van der Waals surface area (Å²) in [5, 5.41) is 2.62. The molecule has 0 saturated carbocycles. The van der Waals surface area contributed by atoms with Crippen molar-refractivity contribution in [3.63, 3.8) is 0 Å². The van der Waals surface area contributed by atoms with Crippen molar-refractivity contribution in [2.45, 2.75) is 45.6 Å². The number of carbonyl (C=O) groups excluding carboxylic acids is 3. The van der Waals surface area contributed by atoms with Gasteiger partial charge in [-0.25, -0.2) is 0 Å². The van der Waals surface area contributed by atoms with Crippen molar-refractivity contribution in [2.75, 3.05) is 11.4 Å². The summed E-state index contributed by atoms with van der Waals surface area (Å²) in [5.74, 6) is -1.50. The van der Waals surface area contributed by atoms with Gasteiger partial charge in [0.1, 0.15) is 5.54 Å². The zero-order valence-corrected chi connectivity index (χ0v) is 14.5. The average Bonchev–Trinajstić information content (AvgIpc) is 2.90. The number of carbonyl (C=O) groups is 3.